The molecular weight excluding hydrogens is 339 g/mol. The predicted molar refractivity (Wildman–Crippen MR) is 79.8 cm³/mol. The van der Waals surface area contributed by atoms with E-state index in [1.54, 1.807) is 19.2 Å². The third-order valence-electron chi connectivity index (χ3n) is 3.45. The van der Waals surface area contributed by atoms with Crippen LogP contribution in [0.3, 0.4) is 0 Å². The average Bonchev–Trinajstić information content (AvgIpc) is 2.99. The molecule has 0 aliphatic carbocycles. The molecule has 1 fully saturated rings. The molecule has 3 nitrogen and oxygen atoms in total. The number of hydrogen-bond acceptors (Lipinski definition) is 3. The standard InChI is InChI=1S/C16H14BrFO3/c1-19-13-6-7-15(17)14(10-13)16(20-8-9-21-16)11-2-4-12(18)5-3-11/h2-7,10H,8-9H2,1H3. The zero-order chi connectivity index (χ0) is 14.9. The molecule has 1 aliphatic rings. The molecule has 0 saturated carbocycles. The van der Waals surface area contributed by atoms with Gasteiger partial charge in [-0.25, -0.2) is 4.39 Å². The zero-order valence-corrected chi connectivity index (χ0v) is 13.0. The lowest BCUT2D eigenvalue weighted by Crippen LogP contribution is -2.29. The van der Waals surface area contributed by atoms with Gasteiger partial charge in [-0.1, -0.05) is 28.1 Å². The molecule has 0 atom stereocenters. The summed E-state index contributed by atoms with van der Waals surface area (Å²) in [5.74, 6) is -0.633. The summed E-state index contributed by atoms with van der Waals surface area (Å²) >= 11 is 3.53. The maximum absolute atomic E-state index is 13.2. The molecule has 1 heterocycles. The van der Waals surface area contributed by atoms with E-state index in [0.717, 1.165) is 15.6 Å². The molecule has 2 aromatic carbocycles. The quantitative estimate of drug-likeness (QED) is 0.839. The van der Waals surface area contributed by atoms with Crippen LogP contribution in [0.4, 0.5) is 4.39 Å². The fourth-order valence-corrected chi connectivity index (χ4v) is 2.95. The summed E-state index contributed by atoms with van der Waals surface area (Å²) in [6.45, 7) is 0.946. The van der Waals surface area contributed by atoms with Crippen molar-refractivity contribution in [2.24, 2.45) is 0 Å². The molecule has 0 amide bonds. The number of hydrogen-bond donors (Lipinski definition) is 0. The molecule has 0 radical (unpaired) electrons. The minimum absolute atomic E-state index is 0.295. The zero-order valence-electron chi connectivity index (χ0n) is 11.4. The Morgan fingerprint density at radius 1 is 1.10 bits per heavy atom. The summed E-state index contributed by atoms with van der Waals surface area (Å²) in [6, 6.07) is 11.7. The largest absolute Gasteiger partial charge is 0.497 e. The number of halogens is 2. The van der Waals surface area contributed by atoms with E-state index in [1.165, 1.54) is 12.1 Å². The molecule has 0 bridgehead atoms. The van der Waals surface area contributed by atoms with Crippen LogP contribution in [-0.2, 0) is 15.3 Å². The number of benzene rings is 2. The van der Waals surface area contributed by atoms with Crippen molar-refractivity contribution >= 4 is 15.9 Å². The van der Waals surface area contributed by atoms with Crippen molar-refractivity contribution in [3.63, 3.8) is 0 Å². The van der Waals surface area contributed by atoms with Crippen LogP contribution in [0.25, 0.3) is 0 Å². The molecule has 0 unspecified atom stereocenters. The fraction of sp³-hybridized carbons (Fsp3) is 0.250. The van der Waals surface area contributed by atoms with Gasteiger partial charge in [0.25, 0.3) is 0 Å². The van der Waals surface area contributed by atoms with Gasteiger partial charge in [0.2, 0.25) is 5.79 Å². The smallest absolute Gasteiger partial charge is 0.223 e. The summed E-state index contributed by atoms with van der Waals surface area (Å²) in [5, 5.41) is 0. The first kappa shape index (κ1) is 14.5. The lowest BCUT2D eigenvalue weighted by molar-refractivity contribution is -0.130. The van der Waals surface area contributed by atoms with Crippen molar-refractivity contribution in [3.05, 3.63) is 63.9 Å². The van der Waals surface area contributed by atoms with Gasteiger partial charge in [-0.3, -0.25) is 0 Å². The van der Waals surface area contributed by atoms with Crippen LogP contribution in [0.1, 0.15) is 11.1 Å². The van der Waals surface area contributed by atoms with Crippen molar-refractivity contribution in [2.45, 2.75) is 5.79 Å². The van der Waals surface area contributed by atoms with E-state index in [4.69, 9.17) is 14.2 Å². The Labute approximate surface area is 130 Å². The van der Waals surface area contributed by atoms with Gasteiger partial charge in [0, 0.05) is 15.6 Å². The topological polar surface area (TPSA) is 27.7 Å². The Bertz CT molecular complexity index is 636. The third-order valence-corrected chi connectivity index (χ3v) is 4.14. The highest BCUT2D eigenvalue weighted by molar-refractivity contribution is 9.10. The molecule has 3 rings (SSSR count). The molecular formula is C16H14BrFO3. The predicted octanol–water partition coefficient (Wildman–Crippen LogP) is 3.84. The van der Waals surface area contributed by atoms with Gasteiger partial charge >= 0.3 is 0 Å². The first-order valence-corrected chi connectivity index (χ1v) is 7.33. The fourth-order valence-electron chi connectivity index (χ4n) is 2.44. The van der Waals surface area contributed by atoms with Gasteiger partial charge in [0.15, 0.2) is 0 Å². The van der Waals surface area contributed by atoms with Crippen LogP contribution >= 0.6 is 15.9 Å². The van der Waals surface area contributed by atoms with E-state index >= 15 is 0 Å². The van der Waals surface area contributed by atoms with Gasteiger partial charge in [0.05, 0.1) is 20.3 Å². The SMILES string of the molecule is COc1ccc(Br)c(C2(c3ccc(F)cc3)OCCO2)c1. The van der Waals surface area contributed by atoms with E-state index in [2.05, 4.69) is 15.9 Å². The highest BCUT2D eigenvalue weighted by atomic mass is 79.9. The second kappa shape index (κ2) is 5.75. The van der Waals surface area contributed by atoms with Gasteiger partial charge in [0.1, 0.15) is 11.6 Å². The Morgan fingerprint density at radius 3 is 2.38 bits per heavy atom. The maximum atomic E-state index is 13.2. The maximum Gasteiger partial charge on any atom is 0.223 e. The summed E-state index contributed by atoms with van der Waals surface area (Å²) in [6.07, 6.45) is 0. The lowest BCUT2D eigenvalue weighted by atomic mass is 9.97. The van der Waals surface area contributed by atoms with Crippen molar-refractivity contribution < 1.29 is 18.6 Å². The summed E-state index contributed by atoms with van der Waals surface area (Å²) < 4.78 is 31.1. The highest BCUT2D eigenvalue weighted by Crippen LogP contribution is 2.42. The molecule has 0 aromatic heterocycles. The number of ether oxygens (including phenoxy) is 3. The first-order chi connectivity index (χ1) is 10.2. The Kier molecular flexibility index (Phi) is 3.97. The molecule has 1 aliphatic heterocycles. The van der Waals surface area contributed by atoms with Crippen molar-refractivity contribution in [1.82, 2.24) is 0 Å². The second-order valence-electron chi connectivity index (χ2n) is 4.67. The molecule has 0 N–H and O–H groups in total. The van der Waals surface area contributed by atoms with Crippen LogP contribution in [0.5, 0.6) is 5.75 Å². The molecule has 2 aromatic rings. The second-order valence-corrected chi connectivity index (χ2v) is 5.52. The molecule has 0 spiro atoms. The Morgan fingerprint density at radius 2 is 1.76 bits per heavy atom. The molecule has 21 heavy (non-hydrogen) atoms. The van der Waals surface area contributed by atoms with Gasteiger partial charge < -0.3 is 14.2 Å². The Hall–Kier alpha value is -1.43. The van der Waals surface area contributed by atoms with E-state index in [-0.39, 0.29) is 5.82 Å². The van der Waals surface area contributed by atoms with Crippen LogP contribution < -0.4 is 4.74 Å². The highest BCUT2D eigenvalue weighted by Gasteiger charge is 2.42. The van der Waals surface area contributed by atoms with E-state index in [9.17, 15) is 4.39 Å². The Balaban J connectivity index is 2.15. The summed E-state index contributed by atoms with van der Waals surface area (Å²) in [4.78, 5) is 0. The van der Waals surface area contributed by atoms with Crippen LogP contribution in [0.15, 0.2) is 46.9 Å². The summed E-state index contributed by atoms with van der Waals surface area (Å²) in [7, 11) is 1.61. The first-order valence-electron chi connectivity index (χ1n) is 6.54. The number of rotatable bonds is 3. The van der Waals surface area contributed by atoms with Crippen molar-refractivity contribution in [2.75, 3.05) is 20.3 Å². The van der Waals surface area contributed by atoms with Gasteiger partial charge in [-0.05, 0) is 30.3 Å². The number of methoxy groups -OCH3 is 1. The molecule has 110 valence electrons. The third kappa shape index (κ3) is 2.57. The van der Waals surface area contributed by atoms with E-state index < -0.39 is 5.79 Å². The van der Waals surface area contributed by atoms with Crippen LogP contribution in [-0.4, -0.2) is 20.3 Å². The molecule has 5 heteroatoms. The normalized spacial score (nSPS) is 16.9. The minimum atomic E-state index is -1.04. The van der Waals surface area contributed by atoms with E-state index in [1.807, 2.05) is 18.2 Å². The van der Waals surface area contributed by atoms with Gasteiger partial charge in [-0.2, -0.15) is 0 Å². The minimum Gasteiger partial charge on any atom is -0.497 e. The van der Waals surface area contributed by atoms with Gasteiger partial charge in [-0.15, -0.1) is 0 Å². The van der Waals surface area contributed by atoms with E-state index in [0.29, 0.717) is 19.0 Å². The molecule has 1 saturated heterocycles. The van der Waals surface area contributed by atoms with Crippen LogP contribution in [0, 0.1) is 5.82 Å². The average molecular weight is 353 g/mol. The van der Waals surface area contributed by atoms with Crippen molar-refractivity contribution in [1.29, 1.82) is 0 Å². The lowest BCUT2D eigenvalue weighted by Gasteiger charge is -2.29. The van der Waals surface area contributed by atoms with Crippen molar-refractivity contribution in [3.8, 4) is 5.75 Å². The summed E-state index contributed by atoms with van der Waals surface area (Å²) in [5.41, 5.74) is 1.54. The van der Waals surface area contributed by atoms with Crippen LogP contribution in [0.2, 0.25) is 0 Å². The monoisotopic (exact) mass is 352 g/mol.